The molecule has 2 N–H and O–H groups in total. The van der Waals surface area contributed by atoms with Gasteiger partial charge in [-0.1, -0.05) is 6.07 Å². The molecule has 7 heteroatoms. The van der Waals surface area contributed by atoms with E-state index in [4.69, 9.17) is 14.7 Å². The number of piperazine rings is 1. The number of ether oxygens (including phenoxy) is 1. The van der Waals surface area contributed by atoms with Crippen LogP contribution in [0.4, 0.5) is 17.5 Å². The van der Waals surface area contributed by atoms with Crippen LogP contribution >= 0.6 is 0 Å². The summed E-state index contributed by atoms with van der Waals surface area (Å²) in [5.41, 5.74) is 5.69. The Morgan fingerprint density at radius 2 is 2.11 bits per heavy atom. The van der Waals surface area contributed by atoms with Crippen molar-refractivity contribution < 1.29 is 4.74 Å². The third-order valence-electron chi connectivity index (χ3n) is 6.03. The van der Waals surface area contributed by atoms with Gasteiger partial charge < -0.3 is 20.3 Å². The molecule has 27 heavy (non-hydrogen) atoms. The fourth-order valence-corrected chi connectivity index (χ4v) is 4.56. The lowest BCUT2D eigenvalue weighted by Gasteiger charge is -2.53. The number of nitrogens with one attached hydrogen (secondary N) is 2. The van der Waals surface area contributed by atoms with Crippen LogP contribution in [-0.4, -0.2) is 48.0 Å². The lowest BCUT2D eigenvalue weighted by atomic mass is 9.89. The number of anilines is 3. The van der Waals surface area contributed by atoms with Crippen LogP contribution < -0.4 is 15.5 Å². The van der Waals surface area contributed by atoms with Crippen molar-refractivity contribution in [2.75, 3.05) is 29.9 Å². The number of hydrogen-bond donors (Lipinski definition) is 2. The minimum absolute atomic E-state index is 0.519. The van der Waals surface area contributed by atoms with Gasteiger partial charge in [-0.25, -0.2) is 4.98 Å². The Morgan fingerprint density at radius 3 is 3.00 bits per heavy atom. The Labute approximate surface area is 157 Å². The van der Waals surface area contributed by atoms with Gasteiger partial charge in [-0.3, -0.25) is 4.99 Å². The second-order valence-corrected chi connectivity index (χ2v) is 7.72. The van der Waals surface area contributed by atoms with Gasteiger partial charge in [0.2, 0.25) is 5.95 Å². The Balaban J connectivity index is 1.38. The summed E-state index contributed by atoms with van der Waals surface area (Å²) in [4.78, 5) is 16.6. The molecule has 1 aromatic carbocycles. The highest BCUT2D eigenvalue weighted by atomic mass is 16.5. The van der Waals surface area contributed by atoms with Crippen LogP contribution in [0.5, 0.6) is 0 Å². The summed E-state index contributed by atoms with van der Waals surface area (Å²) < 4.78 is 5.70. The highest BCUT2D eigenvalue weighted by Crippen LogP contribution is 2.35. The zero-order chi connectivity index (χ0) is 17.8. The molecule has 0 saturated carbocycles. The standard InChI is InChI=1S/C20H22N6O/c1-2-14(5-13-8-21-7-12(1)13)23-19-17-11-27-4-3-18(17)24-20(25-19)26-15-6-16(26)10-22-9-15/h1-2,5,8,15-16,22H,3-4,6-7,9-11H2,(H,23,24,25). The van der Waals surface area contributed by atoms with Crippen molar-refractivity contribution in [1.29, 1.82) is 0 Å². The summed E-state index contributed by atoms with van der Waals surface area (Å²) >= 11 is 0. The average Bonchev–Trinajstić information content (AvgIpc) is 3.16. The van der Waals surface area contributed by atoms with Crippen LogP contribution in [0.3, 0.4) is 0 Å². The molecule has 2 atom stereocenters. The monoisotopic (exact) mass is 362 g/mol. The molecule has 0 radical (unpaired) electrons. The van der Waals surface area contributed by atoms with Gasteiger partial charge in [0.15, 0.2) is 0 Å². The van der Waals surface area contributed by atoms with Gasteiger partial charge in [-0.2, -0.15) is 4.98 Å². The van der Waals surface area contributed by atoms with Crippen LogP contribution in [0.2, 0.25) is 0 Å². The lowest BCUT2D eigenvalue weighted by molar-refractivity contribution is 0.109. The van der Waals surface area contributed by atoms with Crippen molar-refractivity contribution in [2.45, 2.75) is 38.1 Å². The highest BCUT2D eigenvalue weighted by Gasteiger charge is 2.43. The lowest BCUT2D eigenvalue weighted by Crippen LogP contribution is -2.68. The molecule has 2 bridgehead atoms. The van der Waals surface area contributed by atoms with Gasteiger partial charge in [0.1, 0.15) is 5.82 Å². The summed E-state index contributed by atoms with van der Waals surface area (Å²) in [6.45, 7) is 4.12. The summed E-state index contributed by atoms with van der Waals surface area (Å²) in [5.74, 6) is 1.74. The topological polar surface area (TPSA) is 74.7 Å². The summed E-state index contributed by atoms with van der Waals surface area (Å²) in [5, 5.41) is 7.02. The van der Waals surface area contributed by atoms with E-state index < -0.39 is 0 Å². The number of piperidine rings is 1. The van der Waals surface area contributed by atoms with Crippen molar-refractivity contribution in [1.82, 2.24) is 15.3 Å². The molecular formula is C20H22N6O. The van der Waals surface area contributed by atoms with E-state index in [-0.39, 0.29) is 0 Å². The molecule has 2 unspecified atom stereocenters. The van der Waals surface area contributed by atoms with Crippen LogP contribution in [-0.2, 0) is 24.3 Å². The Kier molecular flexibility index (Phi) is 3.45. The van der Waals surface area contributed by atoms with Crippen molar-refractivity contribution in [3.63, 3.8) is 0 Å². The zero-order valence-electron chi connectivity index (χ0n) is 15.1. The summed E-state index contributed by atoms with van der Waals surface area (Å²) in [6.07, 6.45) is 4.03. The molecule has 0 amide bonds. The third kappa shape index (κ3) is 2.53. The second-order valence-electron chi connectivity index (χ2n) is 7.72. The van der Waals surface area contributed by atoms with Gasteiger partial charge in [0, 0.05) is 49.1 Å². The van der Waals surface area contributed by atoms with E-state index in [1.165, 1.54) is 17.5 Å². The van der Waals surface area contributed by atoms with Crippen LogP contribution in [0.15, 0.2) is 23.2 Å². The maximum absolute atomic E-state index is 5.70. The first-order chi connectivity index (χ1) is 13.3. The highest BCUT2D eigenvalue weighted by molar-refractivity contribution is 5.86. The van der Waals surface area contributed by atoms with E-state index in [1.807, 2.05) is 6.21 Å². The maximum Gasteiger partial charge on any atom is 0.228 e. The predicted molar refractivity (Wildman–Crippen MR) is 104 cm³/mol. The smallest absolute Gasteiger partial charge is 0.228 e. The first kappa shape index (κ1) is 15.5. The first-order valence-electron chi connectivity index (χ1n) is 9.71. The number of nitrogens with zero attached hydrogens (tertiary/aromatic N) is 4. The number of fused-ring (bicyclic) bond motifs is 4. The number of rotatable bonds is 3. The Bertz CT molecular complexity index is 928. The molecule has 0 aliphatic carbocycles. The number of benzene rings is 1. The molecule has 4 aliphatic rings. The van der Waals surface area contributed by atoms with Crippen molar-refractivity contribution in [3.8, 4) is 0 Å². The zero-order valence-corrected chi connectivity index (χ0v) is 15.1. The molecule has 7 nitrogen and oxygen atoms in total. The van der Waals surface area contributed by atoms with E-state index in [0.717, 1.165) is 61.4 Å². The molecule has 2 saturated heterocycles. The fourth-order valence-electron chi connectivity index (χ4n) is 4.56. The molecule has 1 aromatic heterocycles. The van der Waals surface area contributed by atoms with Crippen LogP contribution in [0.25, 0.3) is 0 Å². The van der Waals surface area contributed by atoms with Gasteiger partial charge in [-0.05, 0) is 29.7 Å². The Hall–Kier alpha value is -2.51. The maximum atomic E-state index is 5.70. The fraction of sp³-hybridized carbons (Fsp3) is 0.450. The number of aliphatic imine (C=N–C) groups is 1. The van der Waals surface area contributed by atoms with Gasteiger partial charge in [-0.15, -0.1) is 0 Å². The molecule has 4 aliphatic heterocycles. The molecular weight excluding hydrogens is 340 g/mol. The Morgan fingerprint density at radius 1 is 1.19 bits per heavy atom. The quantitative estimate of drug-likeness (QED) is 0.867. The molecule has 2 aromatic rings. The molecule has 5 heterocycles. The van der Waals surface area contributed by atoms with Crippen molar-refractivity contribution in [2.24, 2.45) is 4.99 Å². The van der Waals surface area contributed by atoms with Crippen LogP contribution in [0, 0.1) is 0 Å². The average molecular weight is 362 g/mol. The van der Waals surface area contributed by atoms with E-state index in [0.29, 0.717) is 18.7 Å². The van der Waals surface area contributed by atoms with Crippen molar-refractivity contribution >= 4 is 23.7 Å². The van der Waals surface area contributed by atoms with Crippen molar-refractivity contribution in [3.05, 3.63) is 40.6 Å². The second kappa shape index (κ2) is 6.00. The number of hydrogen-bond acceptors (Lipinski definition) is 7. The molecule has 6 rings (SSSR count). The summed E-state index contributed by atoms with van der Waals surface area (Å²) in [7, 11) is 0. The predicted octanol–water partition coefficient (Wildman–Crippen LogP) is 1.78. The minimum atomic E-state index is 0.519. The number of aromatic nitrogens is 2. The van der Waals surface area contributed by atoms with E-state index >= 15 is 0 Å². The van der Waals surface area contributed by atoms with E-state index in [2.05, 4.69) is 38.7 Å². The molecule has 138 valence electrons. The van der Waals surface area contributed by atoms with Gasteiger partial charge in [0.05, 0.1) is 25.5 Å². The third-order valence-corrected chi connectivity index (χ3v) is 6.03. The van der Waals surface area contributed by atoms with E-state index in [1.54, 1.807) is 0 Å². The van der Waals surface area contributed by atoms with Gasteiger partial charge >= 0.3 is 0 Å². The normalized spacial score (nSPS) is 25.0. The minimum Gasteiger partial charge on any atom is -0.376 e. The first-order valence-corrected chi connectivity index (χ1v) is 9.71. The molecule has 0 spiro atoms. The van der Waals surface area contributed by atoms with Crippen LogP contribution in [0.1, 0.15) is 28.8 Å². The van der Waals surface area contributed by atoms with Gasteiger partial charge in [0.25, 0.3) is 0 Å². The summed E-state index contributed by atoms with van der Waals surface area (Å²) in [6, 6.07) is 7.43. The largest absolute Gasteiger partial charge is 0.376 e. The SMILES string of the molecule is C1=NCc2ccc(Nc3nc(N4C5CNCC4C5)nc4c3COCC4)cc21. The van der Waals surface area contributed by atoms with E-state index in [9.17, 15) is 0 Å². The molecule has 2 fully saturated rings.